The topological polar surface area (TPSA) is 41.9 Å². The first-order chi connectivity index (χ1) is 12.0. The monoisotopic (exact) mass is 354 g/mol. The molecule has 0 aliphatic heterocycles. The van der Waals surface area contributed by atoms with Crippen LogP contribution in [0.5, 0.6) is 0 Å². The van der Waals surface area contributed by atoms with Crippen LogP contribution in [0.4, 0.5) is 15.8 Å². The van der Waals surface area contributed by atoms with E-state index in [1.54, 1.807) is 16.8 Å². The minimum atomic E-state index is -0.231. The van der Waals surface area contributed by atoms with Crippen LogP contribution in [0, 0.1) is 19.7 Å². The summed E-state index contributed by atoms with van der Waals surface area (Å²) in [6.45, 7) is 4.21. The smallest absolute Gasteiger partial charge is 0.175 e. The number of nitrogens with zero attached hydrogens (tertiary/aromatic N) is 2. The van der Waals surface area contributed by atoms with Crippen molar-refractivity contribution in [3.8, 4) is 0 Å². The summed E-state index contributed by atoms with van der Waals surface area (Å²) in [4.78, 5) is 0. The lowest BCUT2D eigenvalue weighted by molar-refractivity contribution is 0.579. The molecule has 3 aromatic rings. The van der Waals surface area contributed by atoms with E-state index in [4.69, 9.17) is 12.2 Å². The molecule has 0 fully saturated rings. The zero-order valence-electron chi connectivity index (χ0n) is 14.1. The van der Waals surface area contributed by atoms with Crippen molar-refractivity contribution in [2.45, 2.75) is 20.4 Å². The van der Waals surface area contributed by atoms with Gasteiger partial charge in [0.25, 0.3) is 0 Å². The Balaban J connectivity index is 1.76. The summed E-state index contributed by atoms with van der Waals surface area (Å²) in [5.41, 5.74) is 4.06. The lowest BCUT2D eigenvalue weighted by Gasteiger charge is -2.11. The Morgan fingerprint density at radius 3 is 2.44 bits per heavy atom. The van der Waals surface area contributed by atoms with Crippen LogP contribution in [0.15, 0.2) is 54.6 Å². The molecule has 1 heterocycles. The van der Waals surface area contributed by atoms with E-state index in [1.165, 1.54) is 6.07 Å². The van der Waals surface area contributed by atoms with Crippen LogP contribution in [0.3, 0.4) is 0 Å². The van der Waals surface area contributed by atoms with Gasteiger partial charge in [-0.15, -0.1) is 0 Å². The molecule has 0 aliphatic rings. The van der Waals surface area contributed by atoms with Gasteiger partial charge in [0.15, 0.2) is 5.11 Å². The second-order valence-corrected chi connectivity index (χ2v) is 6.15. The van der Waals surface area contributed by atoms with Crippen molar-refractivity contribution in [3.05, 3.63) is 77.4 Å². The Morgan fingerprint density at radius 1 is 1.04 bits per heavy atom. The van der Waals surface area contributed by atoms with Gasteiger partial charge in [0.05, 0.1) is 23.6 Å². The minimum absolute atomic E-state index is 0.231. The van der Waals surface area contributed by atoms with Crippen molar-refractivity contribution >= 4 is 28.7 Å². The van der Waals surface area contributed by atoms with Crippen LogP contribution in [0.2, 0.25) is 0 Å². The minimum Gasteiger partial charge on any atom is -0.332 e. The van der Waals surface area contributed by atoms with E-state index in [0.29, 0.717) is 17.2 Å². The van der Waals surface area contributed by atoms with Crippen molar-refractivity contribution in [3.63, 3.8) is 0 Å². The Labute approximate surface area is 151 Å². The van der Waals surface area contributed by atoms with Crippen LogP contribution >= 0.6 is 12.2 Å². The number of halogens is 1. The van der Waals surface area contributed by atoms with E-state index in [0.717, 1.165) is 22.8 Å². The molecule has 25 heavy (non-hydrogen) atoms. The van der Waals surface area contributed by atoms with Crippen molar-refractivity contribution in [1.82, 2.24) is 9.78 Å². The highest BCUT2D eigenvalue weighted by atomic mass is 32.1. The number of hydrogen-bond donors (Lipinski definition) is 2. The Morgan fingerprint density at radius 2 is 1.72 bits per heavy atom. The zero-order valence-corrected chi connectivity index (χ0v) is 14.9. The van der Waals surface area contributed by atoms with Crippen molar-refractivity contribution in [2.75, 3.05) is 10.6 Å². The maximum Gasteiger partial charge on any atom is 0.175 e. The van der Waals surface area contributed by atoms with Crippen LogP contribution < -0.4 is 10.6 Å². The lowest BCUT2D eigenvalue weighted by Crippen LogP contribution is -2.19. The fourth-order valence-electron chi connectivity index (χ4n) is 2.62. The number of aromatic nitrogens is 2. The summed E-state index contributed by atoms with van der Waals surface area (Å²) in [5, 5.41) is 11.3. The van der Waals surface area contributed by atoms with Gasteiger partial charge in [-0.1, -0.05) is 36.4 Å². The third-order valence-corrected chi connectivity index (χ3v) is 4.13. The molecule has 0 bridgehead atoms. The molecule has 0 radical (unpaired) electrons. The number of anilines is 2. The average Bonchev–Trinajstić information content (AvgIpc) is 2.85. The van der Waals surface area contributed by atoms with Crippen molar-refractivity contribution in [1.29, 1.82) is 0 Å². The van der Waals surface area contributed by atoms with E-state index in [-0.39, 0.29) is 5.82 Å². The molecule has 0 atom stereocenters. The van der Waals surface area contributed by atoms with Gasteiger partial charge in [0.1, 0.15) is 5.82 Å². The fourth-order valence-corrected chi connectivity index (χ4v) is 2.84. The normalized spacial score (nSPS) is 10.5. The Hall–Kier alpha value is -2.73. The van der Waals surface area contributed by atoms with E-state index in [1.807, 2.05) is 50.2 Å². The molecule has 0 spiro atoms. The average molecular weight is 354 g/mol. The van der Waals surface area contributed by atoms with Crippen LogP contribution in [0.1, 0.15) is 17.0 Å². The van der Waals surface area contributed by atoms with Gasteiger partial charge in [-0.25, -0.2) is 4.39 Å². The summed E-state index contributed by atoms with van der Waals surface area (Å²) in [5.74, 6) is -0.231. The van der Waals surface area contributed by atoms with Gasteiger partial charge in [-0.05, 0) is 44.3 Å². The standard InChI is InChI=1S/C19H19FN4S/c1-13-18(22-19(25)21-16-9-4-3-5-10-16)14(2)24(23-13)12-15-8-6-7-11-17(15)20/h3-11H,12H2,1-2H3,(H2,21,22,25). The number of hydrogen-bond acceptors (Lipinski definition) is 2. The van der Waals surface area contributed by atoms with Gasteiger partial charge < -0.3 is 10.6 Å². The number of aryl methyl sites for hydroxylation is 1. The van der Waals surface area contributed by atoms with Crippen molar-refractivity contribution < 1.29 is 4.39 Å². The molecule has 0 amide bonds. The fraction of sp³-hybridized carbons (Fsp3) is 0.158. The highest BCUT2D eigenvalue weighted by Gasteiger charge is 2.14. The highest BCUT2D eigenvalue weighted by Crippen LogP contribution is 2.21. The van der Waals surface area contributed by atoms with Gasteiger partial charge in [-0.2, -0.15) is 5.10 Å². The molecule has 0 aliphatic carbocycles. The zero-order chi connectivity index (χ0) is 17.8. The first-order valence-corrected chi connectivity index (χ1v) is 8.36. The molecule has 0 unspecified atom stereocenters. The largest absolute Gasteiger partial charge is 0.332 e. The van der Waals surface area contributed by atoms with Gasteiger partial charge in [-0.3, -0.25) is 4.68 Å². The number of thiocarbonyl (C=S) groups is 1. The second kappa shape index (κ2) is 7.44. The Kier molecular flexibility index (Phi) is 5.09. The van der Waals surface area contributed by atoms with E-state index < -0.39 is 0 Å². The predicted molar refractivity (Wildman–Crippen MR) is 103 cm³/mol. The SMILES string of the molecule is Cc1nn(Cc2ccccc2F)c(C)c1NC(=S)Nc1ccccc1. The van der Waals surface area contributed by atoms with Gasteiger partial charge >= 0.3 is 0 Å². The molecule has 3 rings (SSSR count). The summed E-state index contributed by atoms with van der Waals surface area (Å²) < 4.78 is 15.7. The highest BCUT2D eigenvalue weighted by molar-refractivity contribution is 7.80. The molecule has 4 nitrogen and oxygen atoms in total. The van der Waals surface area contributed by atoms with Crippen LogP contribution in [-0.2, 0) is 6.54 Å². The molecule has 128 valence electrons. The molecule has 0 saturated heterocycles. The second-order valence-electron chi connectivity index (χ2n) is 5.74. The maximum absolute atomic E-state index is 13.9. The van der Waals surface area contributed by atoms with Crippen LogP contribution in [-0.4, -0.2) is 14.9 Å². The molecule has 2 N–H and O–H groups in total. The van der Waals surface area contributed by atoms with Gasteiger partial charge in [0, 0.05) is 11.3 Å². The van der Waals surface area contributed by atoms with E-state index in [9.17, 15) is 4.39 Å². The summed E-state index contributed by atoms with van der Waals surface area (Å²) in [6.07, 6.45) is 0. The third-order valence-electron chi connectivity index (χ3n) is 3.93. The summed E-state index contributed by atoms with van der Waals surface area (Å²) in [6, 6.07) is 16.4. The molecular formula is C19H19FN4S. The number of rotatable bonds is 4. The Bertz CT molecular complexity index is 890. The first-order valence-electron chi connectivity index (χ1n) is 7.95. The van der Waals surface area contributed by atoms with Gasteiger partial charge in [0.2, 0.25) is 0 Å². The number of para-hydroxylation sites is 1. The molecule has 1 aromatic heterocycles. The number of benzene rings is 2. The van der Waals surface area contributed by atoms with E-state index >= 15 is 0 Å². The lowest BCUT2D eigenvalue weighted by atomic mass is 10.2. The maximum atomic E-state index is 13.9. The molecule has 0 saturated carbocycles. The third kappa shape index (κ3) is 4.03. The summed E-state index contributed by atoms with van der Waals surface area (Å²) in [7, 11) is 0. The molecule has 6 heteroatoms. The molecular weight excluding hydrogens is 335 g/mol. The van der Waals surface area contributed by atoms with Crippen molar-refractivity contribution in [2.24, 2.45) is 0 Å². The van der Waals surface area contributed by atoms with E-state index in [2.05, 4.69) is 15.7 Å². The quantitative estimate of drug-likeness (QED) is 0.677. The predicted octanol–water partition coefficient (Wildman–Crippen LogP) is 4.50. The first kappa shape index (κ1) is 17.1. The summed E-state index contributed by atoms with van der Waals surface area (Å²) >= 11 is 5.38. The van der Waals surface area contributed by atoms with Crippen LogP contribution in [0.25, 0.3) is 0 Å². The number of nitrogens with one attached hydrogen (secondary N) is 2. The molecule has 2 aromatic carbocycles.